The van der Waals surface area contributed by atoms with E-state index in [9.17, 15) is 4.79 Å². The van der Waals surface area contributed by atoms with Crippen molar-refractivity contribution in [3.63, 3.8) is 0 Å². The van der Waals surface area contributed by atoms with Crippen LogP contribution in [0.15, 0.2) is 28.3 Å². The van der Waals surface area contributed by atoms with Crippen molar-refractivity contribution in [1.82, 2.24) is 0 Å². The number of thioether (sulfide) groups is 1. The first kappa shape index (κ1) is 16.9. The molecule has 0 N–H and O–H groups in total. The highest BCUT2D eigenvalue weighted by Crippen LogP contribution is 2.61. The van der Waals surface area contributed by atoms with Gasteiger partial charge < -0.3 is 9.47 Å². The minimum Gasteiger partial charge on any atom is -0.454 e. The second-order valence-electron chi connectivity index (χ2n) is 6.97. The third-order valence-electron chi connectivity index (χ3n) is 4.59. The lowest BCUT2D eigenvalue weighted by Crippen LogP contribution is -2.02. The van der Waals surface area contributed by atoms with Crippen molar-refractivity contribution in [1.29, 1.82) is 0 Å². The van der Waals surface area contributed by atoms with Crippen LogP contribution in [0.4, 0.5) is 0 Å². The maximum absolute atomic E-state index is 12.6. The molecule has 5 heteroatoms. The summed E-state index contributed by atoms with van der Waals surface area (Å²) >= 11 is 4.95. The van der Waals surface area contributed by atoms with Crippen LogP contribution in [0.2, 0.25) is 0 Å². The molecule has 1 aliphatic carbocycles. The Labute approximate surface area is 149 Å². The number of hydrogen-bond acceptors (Lipinski definition) is 4. The fraction of sp³-hybridized carbons (Fsp3) is 0.500. The number of allylic oxidation sites excluding steroid dienone is 2. The summed E-state index contributed by atoms with van der Waals surface area (Å²) in [5.74, 6) is 2.64. The number of fused-ring (bicyclic) bond motifs is 1. The molecule has 1 heterocycles. The van der Waals surface area contributed by atoms with E-state index in [4.69, 9.17) is 9.47 Å². The van der Waals surface area contributed by atoms with E-state index in [0.29, 0.717) is 11.7 Å². The van der Waals surface area contributed by atoms with Gasteiger partial charge in [-0.15, -0.1) is 0 Å². The molecule has 1 fully saturated rings. The van der Waals surface area contributed by atoms with Gasteiger partial charge in [0.25, 0.3) is 0 Å². The Bertz CT molecular complexity index is 677. The SMILES string of the molecule is CC(C)=C[C@@H]1[C@@H](C(=O)SCc2cc3c(cc2Br)OCO3)C1(C)C. The Morgan fingerprint density at radius 2 is 2.00 bits per heavy atom. The van der Waals surface area contributed by atoms with Crippen molar-refractivity contribution in [3.8, 4) is 11.5 Å². The van der Waals surface area contributed by atoms with Gasteiger partial charge in [0, 0.05) is 16.1 Å². The summed E-state index contributed by atoms with van der Waals surface area (Å²) in [4.78, 5) is 12.6. The van der Waals surface area contributed by atoms with Crippen LogP contribution < -0.4 is 9.47 Å². The average molecular weight is 397 g/mol. The number of halogens is 1. The van der Waals surface area contributed by atoms with Gasteiger partial charge in [0.05, 0.1) is 0 Å². The second-order valence-corrected chi connectivity index (χ2v) is 8.81. The van der Waals surface area contributed by atoms with Crippen molar-refractivity contribution in [2.45, 2.75) is 33.4 Å². The summed E-state index contributed by atoms with van der Waals surface area (Å²) in [6.07, 6.45) is 2.24. The van der Waals surface area contributed by atoms with E-state index in [2.05, 4.69) is 49.7 Å². The molecule has 2 atom stereocenters. The third kappa shape index (κ3) is 3.31. The molecule has 0 unspecified atom stereocenters. The fourth-order valence-electron chi connectivity index (χ4n) is 3.11. The quantitative estimate of drug-likeness (QED) is 0.657. The highest BCUT2D eigenvalue weighted by atomic mass is 79.9. The van der Waals surface area contributed by atoms with Crippen LogP contribution in [0.25, 0.3) is 0 Å². The molecule has 1 aliphatic heterocycles. The van der Waals surface area contributed by atoms with Gasteiger partial charge in [-0.25, -0.2) is 0 Å². The van der Waals surface area contributed by atoms with Crippen molar-refractivity contribution >= 4 is 32.8 Å². The molecule has 0 aromatic heterocycles. The van der Waals surface area contributed by atoms with Crippen molar-refractivity contribution in [2.75, 3.05) is 6.79 Å². The standard InChI is InChI=1S/C18H21BrO3S/c1-10(2)5-12-16(18(12,3)4)17(20)23-8-11-6-14-15(7-13(11)19)22-9-21-14/h5-7,12,16H,8-9H2,1-4H3/t12-,16+/m1/s1. The zero-order valence-corrected chi connectivity index (χ0v) is 16.2. The first-order valence-corrected chi connectivity index (χ1v) is 9.48. The molecule has 0 bridgehead atoms. The van der Waals surface area contributed by atoms with E-state index >= 15 is 0 Å². The Morgan fingerprint density at radius 1 is 1.35 bits per heavy atom. The summed E-state index contributed by atoms with van der Waals surface area (Å²) in [6, 6.07) is 3.87. The summed E-state index contributed by atoms with van der Waals surface area (Å²) in [7, 11) is 0. The van der Waals surface area contributed by atoms with E-state index in [-0.39, 0.29) is 23.2 Å². The second kappa shape index (κ2) is 6.17. The summed E-state index contributed by atoms with van der Waals surface area (Å²) in [6.45, 7) is 8.80. The largest absolute Gasteiger partial charge is 0.454 e. The molecule has 23 heavy (non-hydrogen) atoms. The average Bonchev–Trinajstić information content (AvgIpc) is 2.82. The summed E-state index contributed by atoms with van der Waals surface area (Å²) < 4.78 is 11.7. The molecule has 1 aromatic rings. The van der Waals surface area contributed by atoms with E-state index in [0.717, 1.165) is 21.5 Å². The van der Waals surface area contributed by atoms with Gasteiger partial charge in [-0.1, -0.05) is 53.2 Å². The van der Waals surface area contributed by atoms with Crippen LogP contribution in [-0.2, 0) is 10.5 Å². The zero-order valence-electron chi connectivity index (χ0n) is 13.8. The van der Waals surface area contributed by atoms with Crippen molar-refractivity contribution in [3.05, 3.63) is 33.8 Å². The predicted molar refractivity (Wildman–Crippen MR) is 96.8 cm³/mol. The lowest BCUT2D eigenvalue weighted by atomic mass is 10.1. The lowest BCUT2D eigenvalue weighted by molar-refractivity contribution is -0.112. The van der Waals surface area contributed by atoms with Gasteiger partial charge in [-0.05, 0) is 42.9 Å². The topological polar surface area (TPSA) is 35.5 Å². The lowest BCUT2D eigenvalue weighted by Gasteiger charge is -2.06. The number of rotatable bonds is 4. The van der Waals surface area contributed by atoms with Crippen molar-refractivity contribution < 1.29 is 14.3 Å². The maximum Gasteiger partial charge on any atom is 0.231 e. The summed E-state index contributed by atoms with van der Waals surface area (Å²) in [5.41, 5.74) is 2.42. The number of benzene rings is 1. The van der Waals surface area contributed by atoms with Crippen molar-refractivity contribution in [2.24, 2.45) is 17.3 Å². The third-order valence-corrected chi connectivity index (χ3v) is 6.32. The van der Waals surface area contributed by atoms with Crippen LogP contribution in [0, 0.1) is 17.3 Å². The molecular formula is C18H21BrO3S. The zero-order chi connectivity index (χ0) is 16.8. The molecule has 124 valence electrons. The molecule has 0 spiro atoms. The minimum absolute atomic E-state index is 0.0769. The Kier molecular flexibility index (Phi) is 4.53. The highest BCUT2D eigenvalue weighted by molar-refractivity contribution is 9.10. The normalized spacial score (nSPS) is 23.5. The smallest absolute Gasteiger partial charge is 0.231 e. The van der Waals surface area contributed by atoms with Crippen LogP contribution in [0.5, 0.6) is 11.5 Å². The van der Waals surface area contributed by atoms with Crippen LogP contribution in [0.1, 0.15) is 33.3 Å². The van der Waals surface area contributed by atoms with Gasteiger partial charge in [0.2, 0.25) is 6.79 Å². The molecule has 0 amide bonds. The van der Waals surface area contributed by atoms with Crippen LogP contribution in [-0.4, -0.2) is 11.9 Å². The highest BCUT2D eigenvalue weighted by Gasteiger charge is 2.60. The Morgan fingerprint density at radius 3 is 2.65 bits per heavy atom. The maximum atomic E-state index is 12.6. The first-order valence-electron chi connectivity index (χ1n) is 7.70. The van der Waals surface area contributed by atoms with E-state index in [1.165, 1.54) is 17.3 Å². The van der Waals surface area contributed by atoms with Gasteiger partial charge in [0.1, 0.15) is 0 Å². The van der Waals surface area contributed by atoms with E-state index in [1.54, 1.807) is 0 Å². The monoisotopic (exact) mass is 396 g/mol. The molecule has 3 nitrogen and oxygen atoms in total. The first-order chi connectivity index (χ1) is 10.8. The van der Waals surface area contributed by atoms with Gasteiger partial charge >= 0.3 is 0 Å². The molecule has 2 aliphatic rings. The van der Waals surface area contributed by atoms with Crippen LogP contribution in [0.3, 0.4) is 0 Å². The molecule has 0 saturated heterocycles. The molecular weight excluding hydrogens is 376 g/mol. The molecule has 1 saturated carbocycles. The number of ether oxygens (including phenoxy) is 2. The molecule has 0 radical (unpaired) electrons. The number of carbonyl (C=O) groups excluding carboxylic acids is 1. The van der Waals surface area contributed by atoms with Gasteiger partial charge in [-0.3, -0.25) is 4.79 Å². The fourth-order valence-corrected chi connectivity index (χ4v) is 4.92. The number of hydrogen-bond donors (Lipinski definition) is 0. The summed E-state index contributed by atoms with van der Waals surface area (Å²) in [5, 5.41) is 0.280. The Hall–Kier alpha value is -0.940. The minimum atomic E-state index is 0.0769. The molecule has 1 aromatic carbocycles. The van der Waals surface area contributed by atoms with Gasteiger partial charge in [0.15, 0.2) is 16.6 Å². The number of carbonyl (C=O) groups is 1. The predicted octanol–water partition coefficient (Wildman–Crippen LogP) is 5.18. The molecule has 3 rings (SSSR count). The van der Waals surface area contributed by atoms with E-state index < -0.39 is 0 Å². The Balaban J connectivity index is 1.65. The van der Waals surface area contributed by atoms with Crippen LogP contribution >= 0.6 is 27.7 Å². The van der Waals surface area contributed by atoms with E-state index in [1.807, 2.05) is 12.1 Å². The van der Waals surface area contributed by atoms with Gasteiger partial charge in [-0.2, -0.15) is 0 Å².